The molecule has 2 heterocycles. The number of carbonyl (C=O) groups excluding carboxylic acids is 1. The Labute approximate surface area is 81.5 Å². The molecule has 0 unspecified atom stereocenters. The summed E-state index contributed by atoms with van der Waals surface area (Å²) in [4.78, 5) is 19.3. The molecule has 1 aliphatic rings. The van der Waals surface area contributed by atoms with Crippen LogP contribution in [0.4, 0.5) is 0 Å². The van der Waals surface area contributed by atoms with Gasteiger partial charge >= 0.3 is 5.97 Å². The number of aromatic nitrogens is 2. The Bertz CT molecular complexity index is 332. The Kier molecular flexibility index (Phi) is 2.41. The molecule has 5 heteroatoms. The summed E-state index contributed by atoms with van der Waals surface area (Å²) in [7, 11) is 1.34. The quantitative estimate of drug-likeness (QED) is 0.667. The highest BCUT2D eigenvalue weighted by Crippen LogP contribution is 2.14. The number of nitrogens with one attached hydrogen (secondary N) is 1. The number of esters is 1. The van der Waals surface area contributed by atoms with Gasteiger partial charge in [-0.15, -0.1) is 0 Å². The minimum absolute atomic E-state index is 0.390. The van der Waals surface area contributed by atoms with Crippen LogP contribution < -0.4 is 5.32 Å². The van der Waals surface area contributed by atoms with E-state index >= 15 is 0 Å². The molecule has 14 heavy (non-hydrogen) atoms. The van der Waals surface area contributed by atoms with Crippen molar-refractivity contribution >= 4 is 5.97 Å². The zero-order valence-electron chi connectivity index (χ0n) is 7.86. The number of nitrogens with zero attached hydrogens (tertiary/aromatic N) is 2. The molecule has 0 saturated carbocycles. The monoisotopic (exact) mass is 193 g/mol. The minimum Gasteiger partial charge on any atom is -0.465 e. The average molecular weight is 193 g/mol. The summed E-state index contributed by atoms with van der Waals surface area (Å²) in [5.74, 6) is 0.779. The molecule has 0 spiro atoms. The van der Waals surface area contributed by atoms with Crippen LogP contribution in [0.15, 0.2) is 12.4 Å². The molecule has 1 aromatic heterocycles. The topological polar surface area (TPSA) is 64.1 Å². The maximum atomic E-state index is 11.1. The first-order chi connectivity index (χ1) is 6.81. The summed E-state index contributed by atoms with van der Waals surface area (Å²) in [6, 6.07) is 0. The number of hydrogen-bond donors (Lipinski definition) is 1. The van der Waals surface area contributed by atoms with Crippen LogP contribution in [-0.2, 0) is 4.74 Å². The normalized spacial score (nSPS) is 16.1. The van der Waals surface area contributed by atoms with E-state index in [1.54, 1.807) is 0 Å². The van der Waals surface area contributed by atoms with Gasteiger partial charge in [0.05, 0.1) is 12.7 Å². The van der Waals surface area contributed by atoms with Gasteiger partial charge in [0.25, 0.3) is 0 Å². The van der Waals surface area contributed by atoms with Gasteiger partial charge < -0.3 is 10.1 Å². The first-order valence-electron chi connectivity index (χ1n) is 4.42. The third kappa shape index (κ3) is 1.58. The van der Waals surface area contributed by atoms with Gasteiger partial charge in [0.1, 0.15) is 5.82 Å². The molecular weight excluding hydrogens is 182 g/mol. The average Bonchev–Trinajstić information content (AvgIpc) is 2.15. The lowest BCUT2D eigenvalue weighted by Crippen LogP contribution is -2.40. The SMILES string of the molecule is COC(=O)c1cnc(C2CNC2)nc1. The van der Waals surface area contributed by atoms with Crippen molar-refractivity contribution in [1.82, 2.24) is 15.3 Å². The number of hydrogen-bond acceptors (Lipinski definition) is 5. The molecule has 0 amide bonds. The molecule has 0 bridgehead atoms. The fourth-order valence-electron chi connectivity index (χ4n) is 1.24. The standard InChI is InChI=1S/C9H11N3O2/c1-14-9(13)7-4-11-8(12-5-7)6-2-10-3-6/h4-6,10H,2-3H2,1H3. The van der Waals surface area contributed by atoms with Crippen LogP contribution in [0.2, 0.25) is 0 Å². The molecule has 0 aliphatic carbocycles. The van der Waals surface area contributed by atoms with Gasteiger partial charge in [0, 0.05) is 31.4 Å². The molecule has 0 aromatic carbocycles. The molecule has 0 radical (unpaired) electrons. The molecule has 2 rings (SSSR count). The number of carbonyl (C=O) groups is 1. The van der Waals surface area contributed by atoms with Crippen molar-refractivity contribution in [3.05, 3.63) is 23.8 Å². The highest BCUT2D eigenvalue weighted by molar-refractivity contribution is 5.88. The van der Waals surface area contributed by atoms with Crippen LogP contribution in [0.1, 0.15) is 22.1 Å². The van der Waals surface area contributed by atoms with Gasteiger partial charge in [0.2, 0.25) is 0 Å². The van der Waals surface area contributed by atoms with Crippen molar-refractivity contribution in [1.29, 1.82) is 0 Å². The first-order valence-corrected chi connectivity index (χ1v) is 4.42. The van der Waals surface area contributed by atoms with Crippen molar-refractivity contribution < 1.29 is 9.53 Å². The highest BCUT2D eigenvalue weighted by atomic mass is 16.5. The number of methoxy groups -OCH3 is 1. The molecule has 74 valence electrons. The van der Waals surface area contributed by atoms with E-state index in [1.807, 2.05) is 0 Å². The van der Waals surface area contributed by atoms with Crippen LogP contribution in [0, 0.1) is 0 Å². The third-order valence-corrected chi connectivity index (χ3v) is 2.24. The largest absolute Gasteiger partial charge is 0.465 e. The fourth-order valence-corrected chi connectivity index (χ4v) is 1.24. The second-order valence-electron chi connectivity index (χ2n) is 3.18. The maximum Gasteiger partial charge on any atom is 0.341 e. The Hall–Kier alpha value is -1.49. The van der Waals surface area contributed by atoms with Gasteiger partial charge in [-0.25, -0.2) is 14.8 Å². The van der Waals surface area contributed by atoms with E-state index in [-0.39, 0.29) is 0 Å². The second-order valence-corrected chi connectivity index (χ2v) is 3.18. The molecule has 0 atom stereocenters. The van der Waals surface area contributed by atoms with Crippen molar-refractivity contribution in [2.45, 2.75) is 5.92 Å². The van der Waals surface area contributed by atoms with Crippen molar-refractivity contribution in [3.8, 4) is 0 Å². The summed E-state index contributed by atoms with van der Waals surface area (Å²) in [6.45, 7) is 1.83. The smallest absolute Gasteiger partial charge is 0.341 e. The van der Waals surface area contributed by atoms with Crippen molar-refractivity contribution in [3.63, 3.8) is 0 Å². The molecule has 5 nitrogen and oxygen atoms in total. The van der Waals surface area contributed by atoms with Crippen LogP contribution >= 0.6 is 0 Å². The lowest BCUT2D eigenvalue weighted by molar-refractivity contribution is 0.0599. The van der Waals surface area contributed by atoms with Gasteiger partial charge in [-0.05, 0) is 0 Å². The Morgan fingerprint density at radius 2 is 2.14 bits per heavy atom. The lowest BCUT2D eigenvalue weighted by atomic mass is 10.0. The predicted octanol–water partition coefficient (Wildman–Crippen LogP) is -0.0500. The molecular formula is C9H11N3O2. The van der Waals surface area contributed by atoms with E-state index in [0.29, 0.717) is 11.5 Å². The van der Waals surface area contributed by atoms with E-state index in [0.717, 1.165) is 18.9 Å². The summed E-state index contributed by atoms with van der Waals surface area (Å²) >= 11 is 0. The maximum absolute atomic E-state index is 11.1. The van der Waals surface area contributed by atoms with Gasteiger partial charge in [-0.2, -0.15) is 0 Å². The zero-order valence-corrected chi connectivity index (χ0v) is 7.86. The Morgan fingerprint density at radius 1 is 1.50 bits per heavy atom. The minimum atomic E-state index is -0.400. The van der Waals surface area contributed by atoms with Crippen molar-refractivity contribution in [2.75, 3.05) is 20.2 Å². The molecule has 1 saturated heterocycles. The van der Waals surface area contributed by atoms with E-state index in [9.17, 15) is 4.79 Å². The lowest BCUT2D eigenvalue weighted by Gasteiger charge is -2.25. The third-order valence-electron chi connectivity index (χ3n) is 2.24. The molecule has 1 fully saturated rings. The highest BCUT2D eigenvalue weighted by Gasteiger charge is 2.21. The van der Waals surface area contributed by atoms with Crippen LogP contribution in [-0.4, -0.2) is 36.1 Å². The Balaban J connectivity index is 2.13. The van der Waals surface area contributed by atoms with Crippen LogP contribution in [0.5, 0.6) is 0 Å². The van der Waals surface area contributed by atoms with Gasteiger partial charge in [-0.1, -0.05) is 0 Å². The van der Waals surface area contributed by atoms with Crippen LogP contribution in [0.3, 0.4) is 0 Å². The molecule has 1 aromatic rings. The van der Waals surface area contributed by atoms with Crippen molar-refractivity contribution in [2.24, 2.45) is 0 Å². The van der Waals surface area contributed by atoms with E-state index in [2.05, 4.69) is 20.0 Å². The van der Waals surface area contributed by atoms with Crippen LogP contribution in [0.25, 0.3) is 0 Å². The van der Waals surface area contributed by atoms with Gasteiger partial charge in [-0.3, -0.25) is 0 Å². The second kappa shape index (κ2) is 3.71. The van der Waals surface area contributed by atoms with Gasteiger partial charge in [0.15, 0.2) is 0 Å². The molecule has 1 aliphatic heterocycles. The number of ether oxygens (including phenoxy) is 1. The number of rotatable bonds is 2. The Morgan fingerprint density at radius 3 is 2.57 bits per heavy atom. The summed E-state index contributed by atoms with van der Waals surface area (Å²) < 4.78 is 4.55. The zero-order chi connectivity index (χ0) is 9.97. The summed E-state index contributed by atoms with van der Waals surface area (Å²) in [5.41, 5.74) is 0.392. The van der Waals surface area contributed by atoms with E-state index < -0.39 is 5.97 Å². The fraction of sp³-hybridized carbons (Fsp3) is 0.444. The summed E-state index contributed by atoms with van der Waals surface area (Å²) in [6.07, 6.45) is 3.01. The molecule has 1 N–H and O–H groups in total. The first kappa shape index (κ1) is 9.08. The van der Waals surface area contributed by atoms with E-state index in [4.69, 9.17) is 0 Å². The van der Waals surface area contributed by atoms with E-state index in [1.165, 1.54) is 19.5 Å². The summed E-state index contributed by atoms with van der Waals surface area (Å²) in [5, 5.41) is 3.14. The predicted molar refractivity (Wildman–Crippen MR) is 49.0 cm³/mol.